The minimum Gasteiger partial charge on any atom is -0.507 e. The van der Waals surface area contributed by atoms with Gasteiger partial charge in [0.25, 0.3) is 0 Å². The van der Waals surface area contributed by atoms with Crippen molar-refractivity contribution in [3.8, 4) is 56.3 Å². The van der Waals surface area contributed by atoms with E-state index in [-0.39, 0.29) is 37.6 Å². The Bertz CT molecular complexity index is 3170. The summed E-state index contributed by atoms with van der Waals surface area (Å²) in [7, 11) is -2.34. The molecule has 310 valence electrons. The maximum atomic E-state index is 12.5. The number of phenols is 1. The van der Waals surface area contributed by atoms with Crippen LogP contribution in [-0.4, -0.2) is 27.7 Å². The molecule has 0 bridgehead atoms. The Balaban J connectivity index is 0.00000544. The second-order valence-corrected chi connectivity index (χ2v) is 23.7. The van der Waals surface area contributed by atoms with Gasteiger partial charge in [-0.25, -0.2) is 4.98 Å². The van der Waals surface area contributed by atoms with Crippen molar-refractivity contribution in [3.63, 3.8) is 0 Å². The Hall–Kier alpha value is -5.55. The molecule has 0 amide bonds. The monoisotopic (exact) mass is 999 g/mol. The van der Waals surface area contributed by atoms with Crippen molar-refractivity contribution in [3.05, 3.63) is 156 Å². The Morgan fingerprint density at radius 1 is 0.738 bits per heavy atom. The quantitative estimate of drug-likeness (QED) is 0.128. The van der Waals surface area contributed by atoms with Crippen LogP contribution >= 0.6 is 0 Å². The van der Waals surface area contributed by atoms with Crippen molar-refractivity contribution < 1.29 is 33.3 Å². The number of pyridine rings is 1. The molecule has 6 aromatic carbocycles. The topological polar surface area (TPSA) is 64.1 Å². The first-order chi connectivity index (χ1) is 29.3. The predicted octanol–water partition coefficient (Wildman–Crippen LogP) is 14.5. The molecule has 0 atom stereocenters. The number of furan rings is 1. The van der Waals surface area contributed by atoms with E-state index in [1.807, 2.05) is 72.8 Å². The van der Waals surface area contributed by atoms with Gasteiger partial charge in [-0.05, 0) is 75.3 Å². The maximum Gasteiger partial charge on any atom is 0.148 e. The van der Waals surface area contributed by atoms with Gasteiger partial charge in [-0.3, -0.25) is 9.55 Å². The van der Waals surface area contributed by atoms with E-state index >= 15 is 0 Å². The van der Waals surface area contributed by atoms with E-state index in [0.29, 0.717) is 17.0 Å². The molecular formula is C54H52N3O2PtSi-. The fourth-order valence-corrected chi connectivity index (χ4v) is 9.27. The third-order valence-electron chi connectivity index (χ3n) is 11.2. The molecule has 0 radical (unpaired) electrons. The van der Waals surface area contributed by atoms with Crippen LogP contribution in [0.15, 0.2) is 138 Å². The van der Waals surface area contributed by atoms with E-state index in [2.05, 4.69) is 126 Å². The molecule has 5 nitrogen and oxygen atoms in total. The van der Waals surface area contributed by atoms with Gasteiger partial charge in [0.15, 0.2) is 0 Å². The zero-order valence-electron chi connectivity index (χ0n) is 38.2. The molecular weight excluding hydrogens is 946 g/mol. The molecule has 0 aliphatic heterocycles. The first-order valence-corrected chi connectivity index (χ1v) is 24.2. The Kier molecular flexibility index (Phi) is 10.2. The first-order valence-electron chi connectivity index (χ1n) is 21.7. The molecule has 9 rings (SSSR count). The number of phenolic OH excluding ortho intramolecular Hbond substituents is 1. The molecule has 0 unspecified atom stereocenters. The number of aromatic hydroxyl groups is 1. The van der Waals surface area contributed by atoms with Gasteiger partial charge in [0.05, 0.1) is 27.9 Å². The summed E-state index contributed by atoms with van der Waals surface area (Å²) in [6, 6.07) is 46.4. The molecule has 0 aliphatic carbocycles. The Labute approximate surface area is 377 Å². The number of para-hydroxylation sites is 2. The summed E-state index contributed by atoms with van der Waals surface area (Å²) in [5, 5.41) is 14.5. The van der Waals surface area contributed by atoms with Crippen LogP contribution in [0, 0.1) is 6.07 Å². The second-order valence-electron chi connectivity index (χ2n) is 19.0. The summed E-state index contributed by atoms with van der Waals surface area (Å²) < 4.78 is 27.4. The van der Waals surface area contributed by atoms with Crippen LogP contribution < -0.4 is 0 Å². The molecule has 0 saturated heterocycles. The number of nitrogens with zero attached hydrogens (tertiary/aromatic N) is 3. The van der Waals surface area contributed by atoms with E-state index in [4.69, 9.17) is 14.4 Å². The first kappa shape index (κ1) is 39.6. The number of fused-ring (bicyclic) bond motifs is 4. The van der Waals surface area contributed by atoms with Gasteiger partial charge in [-0.2, -0.15) is 0 Å². The molecule has 3 aromatic heterocycles. The maximum absolute atomic E-state index is 12.5. The standard InChI is InChI=1S/C54H52N3O2Si.Pt/c1-53(2,3)37-31-43(50(58)44(32-37)54(4,5)6)52-56-49-38(36-29-41-39-20-13-14-24-48(39)59-51(41)42(30-36)45-22-15-16-27-55-45)21-17-23-47(49)57(52)46-26-25-34(33-60(7,8)9)28-40(46)35-18-11-10-12-19-35;/h10-29,31-32,58H,33H2,1-9H3;/q-1;/i33D2;. The van der Waals surface area contributed by atoms with Gasteiger partial charge in [0.1, 0.15) is 17.2 Å². The molecule has 1 N–H and O–H groups in total. The van der Waals surface area contributed by atoms with Crippen molar-refractivity contribution in [2.24, 2.45) is 0 Å². The van der Waals surface area contributed by atoms with Gasteiger partial charge < -0.3 is 9.52 Å². The van der Waals surface area contributed by atoms with Gasteiger partial charge in [0, 0.05) is 60.3 Å². The number of hydrogen-bond donors (Lipinski definition) is 1. The summed E-state index contributed by atoms with van der Waals surface area (Å²) in [5.41, 5.74) is 11.5. The van der Waals surface area contributed by atoms with Crippen molar-refractivity contribution in [2.45, 2.75) is 78.0 Å². The van der Waals surface area contributed by atoms with Crippen molar-refractivity contribution in [2.75, 3.05) is 0 Å². The normalized spacial score (nSPS) is 13.1. The molecule has 61 heavy (non-hydrogen) atoms. The van der Waals surface area contributed by atoms with Gasteiger partial charge >= 0.3 is 0 Å². The van der Waals surface area contributed by atoms with E-state index in [1.165, 1.54) is 0 Å². The van der Waals surface area contributed by atoms with Crippen LogP contribution in [0.1, 0.15) is 61.0 Å². The smallest absolute Gasteiger partial charge is 0.148 e. The molecule has 0 fully saturated rings. The molecule has 9 aromatic rings. The third kappa shape index (κ3) is 7.93. The largest absolute Gasteiger partial charge is 0.507 e. The van der Waals surface area contributed by atoms with Crippen LogP contribution in [0.3, 0.4) is 0 Å². The van der Waals surface area contributed by atoms with Crippen molar-refractivity contribution >= 4 is 41.0 Å². The van der Waals surface area contributed by atoms with E-state index in [0.717, 1.165) is 83.3 Å². The number of benzene rings is 6. The summed E-state index contributed by atoms with van der Waals surface area (Å²) in [4.78, 5) is 10.3. The zero-order valence-corrected chi connectivity index (χ0v) is 39.5. The summed E-state index contributed by atoms with van der Waals surface area (Å²) in [6.07, 6.45) is 1.79. The van der Waals surface area contributed by atoms with Crippen LogP contribution in [-0.2, 0) is 37.9 Å². The van der Waals surface area contributed by atoms with Crippen LogP contribution in [0.2, 0.25) is 19.6 Å². The number of imidazole rings is 1. The van der Waals surface area contributed by atoms with Crippen LogP contribution in [0.4, 0.5) is 0 Å². The van der Waals surface area contributed by atoms with Gasteiger partial charge in [-0.1, -0.05) is 157 Å². The molecule has 0 spiro atoms. The van der Waals surface area contributed by atoms with Crippen molar-refractivity contribution in [1.82, 2.24) is 14.5 Å². The fraction of sp³-hybridized carbons (Fsp3) is 0.222. The molecule has 3 heterocycles. The second kappa shape index (κ2) is 15.7. The average Bonchev–Trinajstić information content (AvgIpc) is 3.81. The van der Waals surface area contributed by atoms with E-state index in [9.17, 15) is 7.85 Å². The summed E-state index contributed by atoms with van der Waals surface area (Å²) in [5.74, 6) is -0.730. The number of hydrogen-bond acceptors (Lipinski definition) is 4. The van der Waals surface area contributed by atoms with Crippen LogP contribution in [0.5, 0.6) is 5.75 Å². The zero-order chi connectivity index (χ0) is 43.9. The Morgan fingerprint density at radius 2 is 1.48 bits per heavy atom. The fourth-order valence-electron chi connectivity index (χ4n) is 8.24. The van der Waals surface area contributed by atoms with Gasteiger partial charge in [-0.15, -0.1) is 17.7 Å². The summed E-state index contributed by atoms with van der Waals surface area (Å²) >= 11 is 0. The third-order valence-corrected chi connectivity index (χ3v) is 12.2. The average molecular weight is 1000 g/mol. The number of rotatable bonds is 7. The number of aromatic nitrogens is 3. The molecule has 0 saturated carbocycles. The predicted molar refractivity (Wildman–Crippen MR) is 253 cm³/mol. The van der Waals surface area contributed by atoms with E-state index in [1.54, 1.807) is 6.20 Å². The minimum absolute atomic E-state index is 0. The van der Waals surface area contributed by atoms with E-state index < -0.39 is 14.1 Å². The molecule has 7 heteroatoms. The minimum atomic E-state index is -2.34. The SMILES string of the molecule is [2H]C([2H])(c1ccc(-n2c(-c3cc(C(C)(C)C)cc(C(C)(C)C)c3O)nc3c(-c4[c-]c(-c5ccccn5)c5oc6ccccc6c5c4)cccc32)c(-c2ccccc2)c1)[Si](C)(C)C.[Pt]. The van der Waals surface area contributed by atoms with Crippen LogP contribution in [0.25, 0.3) is 83.6 Å². The van der Waals surface area contributed by atoms with Crippen molar-refractivity contribution in [1.29, 1.82) is 0 Å². The Morgan fingerprint density at radius 3 is 2.18 bits per heavy atom. The summed E-state index contributed by atoms with van der Waals surface area (Å²) in [6.45, 7) is 19.2. The molecule has 0 aliphatic rings. The van der Waals surface area contributed by atoms with Gasteiger partial charge in [0.2, 0.25) is 0 Å².